The lowest BCUT2D eigenvalue weighted by Gasteiger charge is -2.00. The fourth-order valence-electron chi connectivity index (χ4n) is 1.79. The van der Waals surface area contributed by atoms with Gasteiger partial charge in [0.2, 0.25) is 0 Å². The second-order valence-corrected chi connectivity index (χ2v) is 3.73. The molecule has 0 aromatic heterocycles. The highest BCUT2D eigenvalue weighted by Crippen LogP contribution is 2.48. The van der Waals surface area contributed by atoms with Crippen LogP contribution in [-0.4, -0.2) is 5.78 Å². The third-order valence-corrected chi connectivity index (χ3v) is 2.67. The molecule has 0 spiro atoms. The molecule has 1 aromatic rings. The van der Waals surface area contributed by atoms with Crippen molar-refractivity contribution >= 4 is 5.78 Å². The standard InChI is InChI=1S/C11H10F2O/c1-6(14)9-5-10(9)8-3-2-7(12)4-11(8)13/h2-4,9-10H,5H2,1H3/t9-,10+/m1/s1. The van der Waals surface area contributed by atoms with Crippen LogP contribution in [0.3, 0.4) is 0 Å². The van der Waals surface area contributed by atoms with Crippen molar-refractivity contribution in [3.8, 4) is 0 Å². The van der Waals surface area contributed by atoms with Crippen LogP contribution in [0.1, 0.15) is 24.8 Å². The molecule has 1 nitrogen and oxygen atoms in total. The van der Waals surface area contributed by atoms with Gasteiger partial charge >= 0.3 is 0 Å². The molecule has 0 N–H and O–H groups in total. The smallest absolute Gasteiger partial charge is 0.133 e. The zero-order valence-corrected chi connectivity index (χ0v) is 7.76. The first-order chi connectivity index (χ1) is 6.59. The maximum Gasteiger partial charge on any atom is 0.133 e. The monoisotopic (exact) mass is 196 g/mol. The summed E-state index contributed by atoms with van der Waals surface area (Å²) in [5.41, 5.74) is 0.464. The SMILES string of the molecule is CC(=O)[C@H]1C[C@H]1c1ccc(F)cc1F. The fraction of sp³-hybridized carbons (Fsp3) is 0.364. The van der Waals surface area contributed by atoms with Crippen LogP contribution in [0, 0.1) is 17.6 Å². The maximum absolute atomic E-state index is 13.2. The molecule has 1 saturated carbocycles. The quantitative estimate of drug-likeness (QED) is 0.710. The summed E-state index contributed by atoms with van der Waals surface area (Å²) < 4.78 is 25.8. The predicted octanol–water partition coefficient (Wildman–Crippen LogP) is 2.66. The van der Waals surface area contributed by atoms with Gasteiger partial charge in [-0.1, -0.05) is 6.07 Å². The average Bonchev–Trinajstić information content (AvgIpc) is 2.83. The number of ketones is 1. The zero-order valence-electron chi connectivity index (χ0n) is 7.76. The lowest BCUT2D eigenvalue weighted by atomic mass is 10.1. The topological polar surface area (TPSA) is 17.1 Å². The summed E-state index contributed by atoms with van der Waals surface area (Å²) in [5.74, 6) is -1.13. The number of benzene rings is 1. The first-order valence-electron chi connectivity index (χ1n) is 4.55. The van der Waals surface area contributed by atoms with Crippen LogP contribution in [-0.2, 0) is 4.79 Å². The largest absolute Gasteiger partial charge is 0.300 e. The van der Waals surface area contributed by atoms with Crippen LogP contribution in [0.15, 0.2) is 18.2 Å². The van der Waals surface area contributed by atoms with E-state index in [2.05, 4.69) is 0 Å². The van der Waals surface area contributed by atoms with Crippen molar-refractivity contribution in [1.82, 2.24) is 0 Å². The van der Waals surface area contributed by atoms with Gasteiger partial charge < -0.3 is 0 Å². The highest BCUT2D eigenvalue weighted by molar-refractivity contribution is 5.82. The van der Waals surface area contributed by atoms with Crippen LogP contribution in [0.4, 0.5) is 8.78 Å². The summed E-state index contributed by atoms with van der Waals surface area (Å²) in [6, 6.07) is 3.52. The molecular formula is C11H10F2O. The van der Waals surface area contributed by atoms with Crippen LogP contribution in [0.5, 0.6) is 0 Å². The Morgan fingerprint density at radius 1 is 1.43 bits per heavy atom. The van der Waals surface area contributed by atoms with E-state index in [0.717, 1.165) is 6.07 Å². The number of carbonyl (C=O) groups is 1. The minimum atomic E-state index is -0.578. The molecule has 14 heavy (non-hydrogen) atoms. The van der Waals surface area contributed by atoms with E-state index in [1.54, 1.807) is 0 Å². The molecule has 1 fully saturated rings. The molecule has 1 aliphatic carbocycles. The molecule has 2 atom stereocenters. The van der Waals surface area contributed by atoms with Gasteiger partial charge in [-0.3, -0.25) is 4.79 Å². The Morgan fingerprint density at radius 3 is 2.64 bits per heavy atom. The first-order valence-corrected chi connectivity index (χ1v) is 4.55. The van der Waals surface area contributed by atoms with Crippen molar-refractivity contribution in [2.75, 3.05) is 0 Å². The number of rotatable bonds is 2. The Hall–Kier alpha value is -1.25. The fourth-order valence-corrected chi connectivity index (χ4v) is 1.79. The van der Waals surface area contributed by atoms with Crippen molar-refractivity contribution in [3.63, 3.8) is 0 Å². The minimum absolute atomic E-state index is 0.0342. The second-order valence-electron chi connectivity index (χ2n) is 3.73. The molecule has 1 aliphatic rings. The van der Waals surface area contributed by atoms with E-state index in [1.807, 2.05) is 0 Å². The molecule has 2 rings (SSSR count). The van der Waals surface area contributed by atoms with Crippen LogP contribution >= 0.6 is 0 Å². The molecule has 0 unspecified atom stereocenters. The Kier molecular flexibility index (Phi) is 2.10. The molecule has 0 saturated heterocycles. The lowest BCUT2D eigenvalue weighted by Crippen LogP contribution is -1.97. The van der Waals surface area contributed by atoms with Crippen molar-refractivity contribution in [3.05, 3.63) is 35.4 Å². The first kappa shape index (κ1) is 9.31. The molecule has 0 aliphatic heterocycles. The maximum atomic E-state index is 13.2. The third-order valence-electron chi connectivity index (χ3n) is 2.67. The van der Waals surface area contributed by atoms with Gasteiger partial charge in [-0.25, -0.2) is 8.78 Å². The molecule has 0 heterocycles. The summed E-state index contributed by atoms with van der Waals surface area (Å²) in [5, 5.41) is 0. The van der Waals surface area contributed by atoms with E-state index in [0.29, 0.717) is 12.0 Å². The third kappa shape index (κ3) is 1.54. The van der Waals surface area contributed by atoms with Gasteiger partial charge in [0, 0.05) is 12.0 Å². The van der Waals surface area contributed by atoms with Crippen molar-refractivity contribution < 1.29 is 13.6 Å². The van der Waals surface area contributed by atoms with Gasteiger partial charge in [0.15, 0.2) is 0 Å². The van der Waals surface area contributed by atoms with Gasteiger partial charge in [0.1, 0.15) is 17.4 Å². The summed E-state index contributed by atoms with van der Waals surface area (Å²) in [6.07, 6.45) is 0.692. The molecule has 0 radical (unpaired) electrons. The van der Waals surface area contributed by atoms with Crippen molar-refractivity contribution in [2.45, 2.75) is 19.3 Å². The Balaban J connectivity index is 2.23. The highest BCUT2D eigenvalue weighted by Gasteiger charge is 2.42. The number of Topliss-reactive ketones (excluding diaryl/α,β-unsaturated/α-hetero) is 1. The molecule has 0 bridgehead atoms. The van der Waals surface area contributed by atoms with E-state index < -0.39 is 11.6 Å². The van der Waals surface area contributed by atoms with Gasteiger partial charge in [-0.2, -0.15) is 0 Å². The van der Waals surface area contributed by atoms with Gasteiger partial charge in [0.05, 0.1) is 0 Å². The van der Waals surface area contributed by atoms with Crippen LogP contribution in [0.25, 0.3) is 0 Å². The molecule has 74 valence electrons. The van der Waals surface area contributed by atoms with E-state index in [1.165, 1.54) is 19.1 Å². The van der Waals surface area contributed by atoms with Gasteiger partial charge in [-0.15, -0.1) is 0 Å². The van der Waals surface area contributed by atoms with Gasteiger partial charge in [-0.05, 0) is 30.9 Å². The van der Waals surface area contributed by atoms with Crippen LogP contribution < -0.4 is 0 Å². The molecule has 0 amide bonds. The number of hydrogen-bond acceptors (Lipinski definition) is 1. The Labute approximate surface area is 80.7 Å². The van der Waals surface area contributed by atoms with E-state index >= 15 is 0 Å². The van der Waals surface area contributed by atoms with Gasteiger partial charge in [0.25, 0.3) is 0 Å². The van der Waals surface area contributed by atoms with Crippen molar-refractivity contribution in [1.29, 1.82) is 0 Å². The zero-order chi connectivity index (χ0) is 10.3. The summed E-state index contributed by atoms with van der Waals surface area (Å²) in [7, 11) is 0. The second kappa shape index (κ2) is 3.15. The van der Waals surface area contributed by atoms with E-state index in [9.17, 15) is 13.6 Å². The molecular weight excluding hydrogens is 186 g/mol. The highest BCUT2D eigenvalue weighted by atomic mass is 19.1. The number of carbonyl (C=O) groups excluding carboxylic acids is 1. The summed E-state index contributed by atoms with van der Waals surface area (Å²) in [6.45, 7) is 1.51. The van der Waals surface area contributed by atoms with E-state index in [-0.39, 0.29) is 17.6 Å². The van der Waals surface area contributed by atoms with E-state index in [4.69, 9.17) is 0 Å². The number of hydrogen-bond donors (Lipinski definition) is 0. The van der Waals surface area contributed by atoms with Crippen molar-refractivity contribution in [2.24, 2.45) is 5.92 Å². The Morgan fingerprint density at radius 2 is 2.14 bits per heavy atom. The average molecular weight is 196 g/mol. The summed E-state index contributed by atoms with van der Waals surface area (Å²) in [4.78, 5) is 11.0. The lowest BCUT2D eigenvalue weighted by molar-refractivity contribution is -0.118. The predicted molar refractivity (Wildman–Crippen MR) is 47.9 cm³/mol. The Bertz CT molecular complexity index is 387. The molecule has 3 heteroatoms. The number of halogens is 2. The molecule has 1 aromatic carbocycles. The summed E-state index contributed by atoms with van der Waals surface area (Å²) >= 11 is 0. The van der Waals surface area contributed by atoms with Crippen LogP contribution in [0.2, 0.25) is 0 Å². The normalized spacial score (nSPS) is 24.8. The minimum Gasteiger partial charge on any atom is -0.300 e.